The first-order chi connectivity index (χ1) is 12.6. The van der Waals surface area contributed by atoms with Crippen LogP contribution in [-0.2, 0) is 19.4 Å². The summed E-state index contributed by atoms with van der Waals surface area (Å²) in [5.41, 5.74) is 0.374. The molecule has 146 valence electrons. The van der Waals surface area contributed by atoms with Crippen LogP contribution >= 0.6 is 0 Å². The largest absolute Gasteiger partial charge is 0.447 e. The molecule has 0 unspecified atom stereocenters. The molecule has 0 bridgehead atoms. The number of carbonyl (C=O) groups is 2. The summed E-state index contributed by atoms with van der Waals surface area (Å²) in [5, 5.41) is 0.453. The molecule has 7 nitrogen and oxygen atoms in total. The summed E-state index contributed by atoms with van der Waals surface area (Å²) in [6.07, 6.45) is -0.782. The van der Waals surface area contributed by atoms with Gasteiger partial charge in [0.25, 0.3) is 5.91 Å². The SMILES string of the molecule is Cc1c(C(=O)O[C@H](C)C(=O)N(C)[C@@H]2CCS(=O)(=O)C2)oc2c(F)cccc12. The fourth-order valence-corrected chi connectivity index (χ4v) is 4.99. The molecule has 9 heteroatoms. The van der Waals surface area contributed by atoms with E-state index in [0.717, 1.165) is 0 Å². The predicted molar refractivity (Wildman–Crippen MR) is 95.6 cm³/mol. The van der Waals surface area contributed by atoms with Crippen LogP contribution < -0.4 is 0 Å². The zero-order valence-corrected chi connectivity index (χ0v) is 16.0. The van der Waals surface area contributed by atoms with Gasteiger partial charge in [-0.1, -0.05) is 12.1 Å². The molecular formula is C18H20FNO6S. The van der Waals surface area contributed by atoms with Crippen LogP contribution in [0.25, 0.3) is 11.0 Å². The van der Waals surface area contributed by atoms with Crippen molar-refractivity contribution >= 4 is 32.7 Å². The van der Waals surface area contributed by atoms with Gasteiger partial charge in [-0.15, -0.1) is 0 Å². The molecule has 1 fully saturated rings. The second-order valence-corrected chi connectivity index (χ2v) is 8.95. The highest BCUT2D eigenvalue weighted by Gasteiger charge is 2.35. The van der Waals surface area contributed by atoms with Gasteiger partial charge >= 0.3 is 5.97 Å². The van der Waals surface area contributed by atoms with Gasteiger partial charge in [0, 0.05) is 24.0 Å². The minimum atomic E-state index is -3.14. The first-order valence-corrected chi connectivity index (χ1v) is 10.3. The Morgan fingerprint density at radius 2 is 2.07 bits per heavy atom. The lowest BCUT2D eigenvalue weighted by atomic mass is 10.1. The summed E-state index contributed by atoms with van der Waals surface area (Å²) < 4.78 is 47.5. The van der Waals surface area contributed by atoms with Crippen LogP contribution in [0.1, 0.15) is 29.5 Å². The van der Waals surface area contributed by atoms with Crippen LogP contribution in [0.5, 0.6) is 0 Å². The van der Waals surface area contributed by atoms with Gasteiger partial charge in [-0.05, 0) is 26.3 Å². The highest BCUT2D eigenvalue weighted by atomic mass is 32.2. The van der Waals surface area contributed by atoms with Crippen LogP contribution in [0.4, 0.5) is 4.39 Å². The predicted octanol–water partition coefficient (Wildman–Crippen LogP) is 2.07. The van der Waals surface area contributed by atoms with E-state index >= 15 is 0 Å². The van der Waals surface area contributed by atoms with Crippen LogP contribution in [0.3, 0.4) is 0 Å². The molecule has 0 saturated carbocycles. The Hall–Kier alpha value is -2.42. The summed E-state index contributed by atoms with van der Waals surface area (Å²) >= 11 is 0. The summed E-state index contributed by atoms with van der Waals surface area (Å²) in [5.74, 6) is -2.21. The smallest absolute Gasteiger partial charge is 0.375 e. The van der Waals surface area contributed by atoms with Gasteiger partial charge in [-0.25, -0.2) is 17.6 Å². The highest BCUT2D eigenvalue weighted by Crippen LogP contribution is 2.28. The van der Waals surface area contributed by atoms with Gasteiger partial charge in [0.15, 0.2) is 27.3 Å². The lowest BCUT2D eigenvalue weighted by Crippen LogP contribution is -2.44. The molecule has 2 heterocycles. The molecule has 27 heavy (non-hydrogen) atoms. The molecule has 0 aliphatic carbocycles. The molecular weight excluding hydrogens is 377 g/mol. The molecule has 2 atom stereocenters. The average molecular weight is 397 g/mol. The molecule has 1 amide bonds. The minimum absolute atomic E-state index is 0.0349. The molecule has 1 saturated heterocycles. The Morgan fingerprint density at radius 1 is 1.37 bits per heavy atom. The van der Waals surface area contributed by atoms with Crippen molar-refractivity contribution in [3.05, 3.63) is 35.3 Å². The zero-order valence-electron chi connectivity index (χ0n) is 15.2. The van der Waals surface area contributed by atoms with E-state index in [1.807, 2.05) is 0 Å². The summed E-state index contributed by atoms with van der Waals surface area (Å²) in [4.78, 5) is 26.2. The molecule has 1 aromatic heterocycles. The second kappa shape index (κ2) is 6.95. The number of sulfone groups is 1. The number of rotatable bonds is 4. The van der Waals surface area contributed by atoms with Crippen LogP contribution in [0.2, 0.25) is 0 Å². The van der Waals surface area contributed by atoms with Gasteiger partial charge in [-0.2, -0.15) is 0 Å². The van der Waals surface area contributed by atoms with Crippen LogP contribution in [-0.4, -0.2) is 55.9 Å². The molecule has 3 rings (SSSR count). The lowest BCUT2D eigenvalue weighted by molar-refractivity contribution is -0.140. The molecule has 1 aromatic carbocycles. The normalized spacial score (nSPS) is 19.8. The molecule has 2 aromatic rings. The van der Waals surface area contributed by atoms with Crippen molar-refractivity contribution in [2.45, 2.75) is 32.4 Å². The Kier molecular flexibility index (Phi) is 4.98. The Balaban J connectivity index is 1.73. The third-order valence-electron chi connectivity index (χ3n) is 4.84. The van der Waals surface area contributed by atoms with Crippen molar-refractivity contribution in [2.24, 2.45) is 0 Å². The molecule has 0 N–H and O–H groups in total. The fourth-order valence-electron chi connectivity index (χ4n) is 3.22. The number of ether oxygens (including phenoxy) is 1. The number of aryl methyl sites for hydroxylation is 1. The lowest BCUT2D eigenvalue weighted by Gasteiger charge is -2.26. The number of halogens is 1. The second-order valence-electron chi connectivity index (χ2n) is 6.73. The van der Waals surface area contributed by atoms with Gasteiger partial charge in [-0.3, -0.25) is 4.79 Å². The van der Waals surface area contributed by atoms with Crippen molar-refractivity contribution < 1.29 is 31.6 Å². The number of para-hydroxylation sites is 1. The summed E-state index contributed by atoms with van der Waals surface area (Å²) in [7, 11) is -1.66. The number of fused-ring (bicyclic) bond motifs is 1. The number of benzene rings is 1. The first kappa shape index (κ1) is 19.3. The van der Waals surface area contributed by atoms with E-state index in [-0.39, 0.29) is 22.8 Å². The zero-order chi connectivity index (χ0) is 19.9. The van der Waals surface area contributed by atoms with E-state index in [4.69, 9.17) is 9.15 Å². The van der Waals surface area contributed by atoms with Crippen molar-refractivity contribution in [1.29, 1.82) is 0 Å². The van der Waals surface area contributed by atoms with E-state index in [2.05, 4.69) is 0 Å². The van der Waals surface area contributed by atoms with Crippen LogP contribution in [0, 0.1) is 12.7 Å². The Labute approximate surface area is 156 Å². The fraction of sp³-hybridized carbons (Fsp3) is 0.444. The standard InChI is InChI=1S/C18H20FNO6S/c1-10-13-5-4-6-14(19)16(13)26-15(10)18(22)25-11(2)17(21)20(3)12-7-8-27(23,24)9-12/h4-6,11-12H,7-9H2,1-3H3/t11-,12-/m1/s1. The van der Waals surface area contributed by atoms with Crippen molar-refractivity contribution in [3.8, 4) is 0 Å². The minimum Gasteiger partial charge on any atom is -0.447 e. The maximum atomic E-state index is 13.8. The number of esters is 1. The van der Waals surface area contributed by atoms with Gasteiger partial charge < -0.3 is 14.1 Å². The maximum absolute atomic E-state index is 13.8. The first-order valence-electron chi connectivity index (χ1n) is 8.46. The van der Waals surface area contributed by atoms with Gasteiger partial charge in [0.2, 0.25) is 5.76 Å². The maximum Gasteiger partial charge on any atom is 0.375 e. The number of carbonyl (C=O) groups excluding carboxylic acids is 2. The molecule has 0 radical (unpaired) electrons. The third-order valence-corrected chi connectivity index (χ3v) is 6.59. The topological polar surface area (TPSA) is 93.9 Å². The Morgan fingerprint density at radius 3 is 2.67 bits per heavy atom. The molecule has 1 aliphatic heterocycles. The Bertz CT molecular complexity index is 1010. The number of nitrogens with zero attached hydrogens (tertiary/aromatic N) is 1. The van der Waals surface area contributed by atoms with Crippen molar-refractivity contribution in [1.82, 2.24) is 4.90 Å². The van der Waals surface area contributed by atoms with E-state index < -0.39 is 39.7 Å². The van der Waals surface area contributed by atoms with Gasteiger partial charge in [0.1, 0.15) is 0 Å². The van der Waals surface area contributed by atoms with E-state index in [9.17, 15) is 22.4 Å². The monoisotopic (exact) mass is 397 g/mol. The summed E-state index contributed by atoms with van der Waals surface area (Å²) in [6.45, 7) is 3.00. The number of hydrogen-bond acceptors (Lipinski definition) is 6. The average Bonchev–Trinajstić information content (AvgIpc) is 3.14. The third kappa shape index (κ3) is 3.69. The number of amides is 1. The van der Waals surface area contributed by atoms with Crippen molar-refractivity contribution in [2.75, 3.05) is 18.6 Å². The van der Waals surface area contributed by atoms with Gasteiger partial charge in [0.05, 0.1) is 11.5 Å². The number of hydrogen-bond donors (Lipinski definition) is 0. The van der Waals surface area contributed by atoms with Crippen molar-refractivity contribution in [3.63, 3.8) is 0 Å². The quantitative estimate of drug-likeness (QED) is 0.733. The molecule has 0 spiro atoms. The van der Waals surface area contributed by atoms with E-state index in [0.29, 0.717) is 17.4 Å². The van der Waals surface area contributed by atoms with E-state index in [1.165, 1.54) is 31.0 Å². The highest BCUT2D eigenvalue weighted by molar-refractivity contribution is 7.91. The summed E-state index contributed by atoms with van der Waals surface area (Å²) in [6, 6.07) is 3.91. The van der Waals surface area contributed by atoms with E-state index in [1.54, 1.807) is 13.0 Å². The number of furan rings is 1. The molecule has 1 aliphatic rings. The number of likely N-dealkylation sites (N-methyl/N-ethyl adjacent to an activating group) is 1. The van der Waals surface area contributed by atoms with Crippen LogP contribution in [0.15, 0.2) is 22.6 Å².